The Bertz CT molecular complexity index is 662. The summed E-state index contributed by atoms with van der Waals surface area (Å²) in [6, 6.07) is 0. The van der Waals surface area contributed by atoms with Gasteiger partial charge < -0.3 is 0 Å². The smallest absolute Gasteiger partial charge is 0.267 e. The molecule has 0 saturated carbocycles. The average Bonchev–Trinajstić information content (AvgIpc) is 2.69. The van der Waals surface area contributed by atoms with Gasteiger partial charge in [0.25, 0.3) is 5.91 Å². The fourth-order valence-corrected chi connectivity index (χ4v) is 3.28. The topological polar surface area (TPSA) is 42.3 Å². The van der Waals surface area contributed by atoms with Crippen molar-refractivity contribution < 1.29 is 4.79 Å². The highest BCUT2D eigenvalue weighted by atomic mass is 32.1. The van der Waals surface area contributed by atoms with Gasteiger partial charge in [0.1, 0.15) is 0 Å². The first-order chi connectivity index (χ1) is 9.13. The molecule has 3 nitrogen and oxygen atoms in total. The molecule has 1 unspecified atom stereocenters. The van der Waals surface area contributed by atoms with Gasteiger partial charge in [0.2, 0.25) is 0 Å². The predicted octanol–water partition coefficient (Wildman–Crippen LogP) is 2.95. The molecule has 4 heteroatoms. The predicted molar refractivity (Wildman–Crippen MR) is 77.6 cm³/mol. The number of carbonyl (C=O) groups is 1. The van der Waals surface area contributed by atoms with Gasteiger partial charge in [0.15, 0.2) is 0 Å². The Morgan fingerprint density at radius 3 is 2.89 bits per heavy atom. The molecule has 1 aromatic rings. The lowest BCUT2D eigenvalue weighted by atomic mass is 9.91. The third-order valence-corrected chi connectivity index (χ3v) is 4.35. The van der Waals surface area contributed by atoms with E-state index in [0.29, 0.717) is 6.42 Å². The second-order valence-corrected chi connectivity index (χ2v) is 6.01. The molecule has 96 valence electrons. The van der Waals surface area contributed by atoms with Crippen LogP contribution in [0.3, 0.4) is 0 Å². The molecular weight excluding hydrogens is 256 g/mol. The van der Waals surface area contributed by atoms with E-state index in [-0.39, 0.29) is 11.8 Å². The van der Waals surface area contributed by atoms with Crippen LogP contribution in [0.25, 0.3) is 0 Å². The van der Waals surface area contributed by atoms with Crippen molar-refractivity contribution in [1.29, 1.82) is 0 Å². The summed E-state index contributed by atoms with van der Waals surface area (Å²) >= 11 is 1.65. The quantitative estimate of drug-likeness (QED) is 0.829. The molecule has 0 fully saturated rings. The minimum atomic E-state index is -0.114. The van der Waals surface area contributed by atoms with Crippen molar-refractivity contribution in [3.8, 4) is 0 Å². The van der Waals surface area contributed by atoms with Crippen LogP contribution in [0.15, 0.2) is 40.9 Å². The summed E-state index contributed by atoms with van der Waals surface area (Å²) in [6.07, 6.45) is 10.5. The van der Waals surface area contributed by atoms with Crippen molar-refractivity contribution in [3.05, 3.63) is 51.5 Å². The number of dihydropyridines is 1. The van der Waals surface area contributed by atoms with Gasteiger partial charge in [-0.05, 0) is 19.9 Å². The maximum Gasteiger partial charge on any atom is 0.273 e. The lowest BCUT2D eigenvalue weighted by Crippen LogP contribution is -2.20. The molecule has 2 heterocycles. The van der Waals surface area contributed by atoms with Crippen LogP contribution in [0.4, 0.5) is 0 Å². The number of aromatic nitrogens is 1. The zero-order valence-corrected chi connectivity index (χ0v) is 11.7. The van der Waals surface area contributed by atoms with Gasteiger partial charge in [-0.1, -0.05) is 24.3 Å². The van der Waals surface area contributed by atoms with Crippen LogP contribution in [0.5, 0.6) is 0 Å². The van der Waals surface area contributed by atoms with Crippen LogP contribution in [0, 0.1) is 19.8 Å². The Hall–Kier alpha value is -1.81. The number of hydrogen-bond donors (Lipinski definition) is 0. The Morgan fingerprint density at radius 1 is 1.32 bits per heavy atom. The summed E-state index contributed by atoms with van der Waals surface area (Å²) in [5.74, 6) is 0.0312. The molecule has 2 aliphatic rings. The van der Waals surface area contributed by atoms with E-state index in [4.69, 9.17) is 0 Å². The summed E-state index contributed by atoms with van der Waals surface area (Å²) in [5, 5.41) is 1.04. The van der Waals surface area contributed by atoms with Gasteiger partial charge in [0, 0.05) is 22.8 Å². The van der Waals surface area contributed by atoms with Gasteiger partial charge in [-0.3, -0.25) is 4.79 Å². The van der Waals surface area contributed by atoms with Gasteiger partial charge in [-0.25, -0.2) is 9.98 Å². The normalized spacial score (nSPS) is 21.2. The molecule has 0 N–H and O–H groups in total. The van der Waals surface area contributed by atoms with Crippen molar-refractivity contribution in [3.63, 3.8) is 0 Å². The second kappa shape index (κ2) is 4.70. The number of allylic oxidation sites excluding steroid dienone is 5. The molecule has 1 amide bonds. The standard InChI is InChI=1S/C15H14N2OS/c1-9-14(19-10(2)16-9)8-12-7-11-5-3-4-6-13(11)17-15(12)18/h3-7,11H,8H2,1-2H3. The molecule has 0 saturated heterocycles. The van der Waals surface area contributed by atoms with Gasteiger partial charge >= 0.3 is 0 Å². The third kappa shape index (κ3) is 2.36. The number of fused-ring (bicyclic) bond motifs is 1. The van der Waals surface area contributed by atoms with E-state index in [1.54, 1.807) is 11.3 Å². The minimum Gasteiger partial charge on any atom is -0.267 e. The summed E-state index contributed by atoms with van der Waals surface area (Å²) < 4.78 is 0. The van der Waals surface area contributed by atoms with Crippen LogP contribution in [0.1, 0.15) is 15.6 Å². The third-order valence-electron chi connectivity index (χ3n) is 3.27. The van der Waals surface area contributed by atoms with Gasteiger partial charge in [-0.15, -0.1) is 11.3 Å². The molecule has 1 atom stereocenters. The number of carbonyl (C=O) groups excluding carboxylic acids is 1. The molecule has 3 rings (SSSR count). The number of nitrogens with zero attached hydrogens (tertiary/aromatic N) is 2. The number of thiazole rings is 1. The Labute approximate surface area is 116 Å². The van der Waals surface area contributed by atoms with Crippen LogP contribution < -0.4 is 0 Å². The molecular formula is C15H14N2OS. The van der Waals surface area contributed by atoms with E-state index in [0.717, 1.165) is 26.9 Å². The first-order valence-electron chi connectivity index (χ1n) is 6.25. The maximum atomic E-state index is 12.0. The van der Waals surface area contributed by atoms with Crippen molar-refractivity contribution in [2.24, 2.45) is 10.9 Å². The van der Waals surface area contributed by atoms with Crippen LogP contribution in [-0.2, 0) is 11.2 Å². The lowest BCUT2D eigenvalue weighted by Gasteiger charge is -2.18. The number of aryl methyl sites for hydroxylation is 2. The lowest BCUT2D eigenvalue weighted by molar-refractivity contribution is -0.114. The van der Waals surface area contributed by atoms with Gasteiger partial charge in [0.05, 0.1) is 16.4 Å². The molecule has 1 aliphatic heterocycles. The monoisotopic (exact) mass is 270 g/mol. The van der Waals surface area contributed by atoms with Crippen molar-refractivity contribution in [2.45, 2.75) is 20.3 Å². The zero-order valence-electron chi connectivity index (χ0n) is 10.9. The highest BCUT2D eigenvalue weighted by Gasteiger charge is 2.23. The molecule has 0 spiro atoms. The number of hydrogen-bond acceptors (Lipinski definition) is 3. The number of amides is 1. The zero-order chi connectivity index (χ0) is 13.4. The van der Waals surface area contributed by atoms with E-state index < -0.39 is 0 Å². The first-order valence-corrected chi connectivity index (χ1v) is 7.06. The van der Waals surface area contributed by atoms with Crippen LogP contribution >= 0.6 is 11.3 Å². The second-order valence-electron chi connectivity index (χ2n) is 4.72. The van der Waals surface area contributed by atoms with E-state index >= 15 is 0 Å². The maximum absolute atomic E-state index is 12.0. The Morgan fingerprint density at radius 2 is 2.16 bits per heavy atom. The van der Waals surface area contributed by atoms with Crippen LogP contribution in [-0.4, -0.2) is 16.6 Å². The molecule has 1 aromatic heterocycles. The number of aliphatic imine (C=N–C) groups is 1. The van der Waals surface area contributed by atoms with Crippen LogP contribution in [0.2, 0.25) is 0 Å². The van der Waals surface area contributed by atoms with E-state index in [2.05, 4.69) is 16.1 Å². The summed E-state index contributed by atoms with van der Waals surface area (Å²) in [6.45, 7) is 3.98. The molecule has 0 radical (unpaired) electrons. The van der Waals surface area contributed by atoms with Crippen molar-refractivity contribution in [1.82, 2.24) is 4.98 Å². The molecule has 0 aromatic carbocycles. The minimum absolute atomic E-state index is 0.114. The first kappa shape index (κ1) is 12.2. The highest BCUT2D eigenvalue weighted by Crippen LogP contribution is 2.25. The van der Waals surface area contributed by atoms with Crippen molar-refractivity contribution >= 4 is 23.0 Å². The molecule has 0 bridgehead atoms. The Balaban J connectivity index is 1.88. The summed E-state index contributed by atoms with van der Waals surface area (Å²) in [7, 11) is 0. The van der Waals surface area contributed by atoms with Crippen molar-refractivity contribution in [2.75, 3.05) is 0 Å². The average molecular weight is 270 g/mol. The fraction of sp³-hybridized carbons (Fsp3) is 0.267. The summed E-state index contributed by atoms with van der Waals surface area (Å²) in [4.78, 5) is 21.8. The van der Waals surface area contributed by atoms with E-state index in [1.807, 2.05) is 38.2 Å². The fourth-order valence-electron chi connectivity index (χ4n) is 2.32. The van der Waals surface area contributed by atoms with Gasteiger partial charge in [-0.2, -0.15) is 0 Å². The molecule has 19 heavy (non-hydrogen) atoms. The Kier molecular flexibility index (Phi) is 3.03. The highest BCUT2D eigenvalue weighted by molar-refractivity contribution is 7.11. The van der Waals surface area contributed by atoms with E-state index in [1.165, 1.54) is 0 Å². The molecule has 1 aliphatic carbocycles. The largest absolute Gasteiger partial charge is 0.273 e. The number of rotatable bonds is 2. The van der Waals surface area contributed by atoms with E-state index in [9.17, 15) is 4.79 Å². The summed E-state index contributed by atoms with van der Waals surface area (Å²) in [5.41, 5.74) is 2.64. The SMILES string of the molecule is Cc1nc(C)c(CC2=CC3C=CC=CC3=NC2=O)s1.